The van der Waals surface area contributed by atoms with Crippen LogP contribution in [-0.4, -0.2) is 18.5 Å². The molecule has 2 N–H and O–H groups in total. The zero-order valence-corrected chi connectivity index (χ0v) is 10.6. The van der Waals surface area contributed by atoms with Crippen molar-refractivity contribution in [2.24, 2.45) is 0 Å². The lowest BCUT2D eigenvalue weighted by molar-refractivity contribution is -0.118. The molecule has 1 fully saturated rings. The molecule has 16 heavy (non-hydrogen) atoms. The van der Waals surface area contributed by atoms with Gasteiger partial charge in [-0.15, -0.1) is 0 Å². The van der Waals surface area contributed by atoms with Crippen molar-refractivity contribution in [3.63, 3.8) is 0 Å². The number of nitrogens with one attached hydrogen (secondary N) is 2. The number of piperidine rings is 1. The van der Waals surface area contributed by atoms with Crippen LogP contribution in [0, 0.1) is 0 Å². The molecule has 1 saturated heterocycles. The van der Waals surface area contributed by atoms with E-state index in [0.29, 0.717) is 0 Å². The summed E-state index contributed by atoms with van der Waals surface area (Å²) in [7, 11) is 0. The molecule has 3 nitrogen and oxygen atoms in total. The molecule has 1 heterocycles. The van der Waals surface area contributed by atoms with E-state index in [1.807, 2.05) is 24.3 Å². The third-order valence-corrected chi connectivity index (χ3v) is 3.27. The van der Waals surface area contributed by atoms with Crippen LogP contribution in [0.5, 0.6) is 0 Å². The number of anilines is 1. The van der Waals surface area contributed by atoms with Crippen molar-refractivity contribution in [1.29, 1.82) is 0 Å². The second-order valence-electron chi connectivity index (χ2n) is 4.00. The largest absolute Gasteiger partial charge is 0.325 e. The van der Waals surface area contributed by atoms with Gasteiger partial charge in [0.1, 0.15) is 0 Å². The maximum atomic E-state index is 11.9. The number of hydrogen-bond donors (Lipinski definition) is 2. The molecule has 2 rings (SSSR count). The zero-order valence-electron chi connectivity index (χ0n) is 9.00. The molecule has 1 aromatic rings. The van der Waals surface area contributed by atoms with Gasteiger partial charge in [-0.25, -0.2) is 0 Å². The topological polar surface area (TPSA) is 41.1 Å². The van der Waals surface area contributed by atoms with E-state index in [-0.39, 0.29) is 11.9 Å². The minimum absolute atomic E-state index is 0.0302. The summed E-state index contributed by atoms with van der Waals surface area (Å²) in [4.78, 5) is 11.9. The van der Waals surface area contributed by atoms with Crippen LogP contribution in [0.4, 0.5) is 5.69 Å². The number of carbonyl (C=O) groups excluding carboxylic acids is 1. The highest BCUT2D eigenvalue weighted by Crippen LogP contribution is 2.15. The zero-order chi connectivity index (χ0) is 11.4. The lowest BCUT2D eigenvalue weighted by Crippen LogP contribution is -2.43. The van der Waals surface area contributed by atoms with Crippen molar-refractivity contribution >= 4 is 27.5 Å². The molecule has 1 atom stereocenters. The fourth-order valence-corrected chi connectivity index (χ4v) is 2.10. The van der Waals surface area contributed by atoms with Gasteiger partial charge in [-0.05, 0) is 43.7 Å². The summed E-state index contributed by atoms with van der Waals surface area (Å²) in [6.07, 6.45) is 3.23. The Morgan fingerprint density at radius 2 is 2.06 bits per heavy atom. The van der Waals surface area contributed by atoms with E-state index in [1.54, 1.807) is 0 Å². The number of rotatable bonds is 2. The number of amides is 1. The van der Waals surface area contributed by atoms with E-state index >= 15 is 0 Å². The Labute approximate surface area is 104 Å². The molecule has 1 amide bonds. The summed E-state index contributed by atoms with van der Waals surface area (Å²) in [5, 5.41) is 6.15. The fraction of sp³-hybridized carbons (Fsp3) is 0.417. The molecule has 0 aliphatic carbocycles. The third-order valence-electron chi connectivity index (χ3n) is 2.74. The molecule has 0 unspecified atom stereocenters. The first-order chi connectivity index (χ1) is 7.75. The van der Waals surface area contributed by atoms with Crippen LogP contribution in [0.3, 0.4) is 0 Å². The Morgan fingerprint density at radius 1 is 1.31 bits per heavy atom. The number of hydrogen-bond acceptors (Lipinski definition) is 2. The molecule has 4 heteroatoms. The van der Waals surface area contributed by atoms with Crippen LogP contribution in [0.15, 0.2) is 28.7 Å². The first-order valence-electron chi connectivity index (χ1n) is 5.55. The molecule has 86 valence electrons. The van der Waals surface area contributed by atoms with Gasteiger partial charge in [0.2, 0.25) is 5.91 Å². The van der Waals surface area contributed by atoms with E-state index in [4.69, 9.17) is 0 Å². The van der Waals surface area contributed by atoms with E-state index in [2.05, 4.69) is 26.6 Å². The predicted octanol–water partition coefficient (Wildman–Crippen LogP) is 2.53. The fourth-order valence-electron chi connectivity index (χ4n) is 1.84. The minimum atomic E-state index is -0.0302. The Balaban J connectivity index is 1.93. The Morgan fingerprint density at radius 3 is 2.69 bits per heavy atom. The van der Waals surface area contributed by atoms with Crippen LogP contribution in [0.2, 0.25) is 0 Å². The van der Waals surface area contributed by atoms with E-state index in [9.17, 15) is 4.79 Å². The van der Waals surface area contributed by atoms with Crippen LogP contribution >= 0.6 is 15.9 Å². The van der Waals surface area contributed by atoms with Gasteiger partial charge in [-0.2, -0.15) is 0 Å². The summed E-state index contributed by atoms with van der Waals surface area (Å²) in [6.45, 7) is 0.943. The molecule has 1 aliphatic heterocycles. The normalized spacial score (nSPS) is 20.4. The van der Waals surface area contributed by atoms with Gasteiger partial charge in [0.15, 0.2) is 0 Å². The Kier molecular flexibility index (Phi) is 3.96. The van der Waals surface area contributed by atoms with E-state index in [0.717, 1.165) is 29.5 Å². The number of benzene rings is 1. The first kappa shape index (κ1) is 11.6. The highest BCUT2D eigenvalue weighted by molar-refractivity contribution is 9.10. The lowest BCUT2D eigenvalue weighted by Gasteiger charge is -2.22. The predicted molar refractivity (Wildman–Crippen MR) is 68.4 cm³/mol. The number of halogens is 1. The monoisotopic (exact) mass is 282 g/mol. The SMILES string of the molecule is O=C(Nc1ccc(Br)cc1)[C@H]1CCCCN1. The molecule has 0 radical (unpaired) electrons. The quantitative estimate of drug-likeness (QED) is 0.875. The van der Waals surface area contributed by atoms with Gasteiger partial charge in [0, 0.05) is 10.2 Å². The minimum Gasteiger partial charge on any atom is -0.325 e. The lowest BCUT2D eigenvalue weighted by atomic mass is 10.0. The van der Waals surface area contributed by atoms with Crippen LogP contribution < -0.4 is 10.6 Å². The van der Waals surface area contributed by atoms with Crippen molar-refractivity contribution in [3.05, 3.63) is 28.7 Å². The van der Waals surface area contributed by atoms with Crippen molar-refractivity contribution < 1.29 is 4.79 Å². The first-order valence-corrected chi connectivity index (χ1v) is 6.35. The van der Waals surface area contributed by atoms with Crippen molar-refractivity contribution in [3.8, 4) is 0 Å². The van der Waals surface area contributed by atoms with Gasteiger partial charge < -0.3 is 10.6 Å². The molecular weight excluding hydrogens is 268 g/mol. The highest BCUT2D eigenvalue weighted by Gasteiger charge is 2.20. The summed E-state index contributed by atoms with van der Waals surface area (Å²) in [5.41, 5.74) is 0.848. The van der Waals surface area contributed by atoms with Crippen LogP contribution in [0.25, 0.3) is 0 Å². The summed E-state index contributed by atoms with van der Waals surface area (Å²) in [6, 6.07) is 7.60. The molecule has 0 bridgehead atoms. The molecule has 1 aromatic carbocycles. The van der Waals surface area contributed by atoms with Crippen molar-refractivity contribution in [2.45, 2.75) is 25.3 Å². The standard InChI is InChI=1S/C12H15BrN2O/c13-9-4-6-10(7-5-9)15-12(16)11-3-1-2-8-14-11/h4-7,11,14H,1-3,8H2,(H,15,16)/t11-/m1/s1. The number of carbonyl (C=O) groups is 1. The van der Waals surface area contributed by atoms with Crippen LogP contribution in [-0.2, 0) is 4.79 Å². The van der Waals surface area contributed by atoms with Gasteiger partial charge in [0.25, 0.3) is 0 Å². The summed E-state index contributed by atoms with van der Waals surface area (Å²) >= 11 is 3.36. The van der Waals surface area contributed by atoms with Crippen LogP contribution in [0.1, 0.15) is 19.3 Å². The average molecular weight is 283 g/mol. The molecule has 0 spiro atoms. The second-order valence-corrected chi connectivity index (χ2v) is 4.91. The summed E-state index contributed by atoms with van der Waals surface area (Å²) in [5.74, 6) is 0.0713. The van der Waals surface area contributed by atoms with Crippen molar-refractivity contribution in [1.82, 2.24) is 5.32 Å². The van der Waals surface area contributed by atoms with Gasteiger partial charge in [0.05, 0.1) is 6.04 Å². The average Bonchev–Trinajstić information content (AvgIpc) is 2.33. The molecule has 1 aliphatic rings. The van der Waals surface area contributed by atoms with Gasteiger partial charge in [-0.1, -0.05) is 22.4 Å². The second kappa shape index (κ2) is 5.46. The Bertz CT molecular complexity index is 358. The van der Waals surface area contributed by atoms with Gasteiger partial charge >= 0.3 is 0 Å². The third kappa shape index (κ3) is 3.06. The maximum absolute atomic E-state index is 11.9. The molecular formula is C12H15BrN2O. The smallest absolute Gasteiger partial charge is 0.241 e. The molecule has 0 saturated carbocycles. The van der Waals surface area contributed by atoms with Gasteiger partial charge in [-0.3, -0.25) is 4.79 Å². The molecule has 0 aromatic heterocycles. The van der Waals surface area contributed by atoms with E-state index < -0.39 is 0 Å². The van der Waals surface area contributed by atoms with Crippen molar-refractivity contribution in [2.75, 3.05) is 11.9 Å². The Hall–Kier alpha value is -0.870. The van der Waals surface area contributed by atoms with E-state index in [1.165, 1.54) is 6.42 Å². The summed E-state index contributed by atoms with van der Waals surface area (Å²) < 4.78 is 1.02. The highest BCUT2D eigenvalue weighted by atomic mass is 79.9. The maximum Gasteiger partial charge on any atom is 0.241 e.